The Morgan fingerprint density at radius 2 is 1.95 bits per heavy atom. The second kappa shape index (κ2) is 7.98. The number of sulfonamides is 1. The fraction of sp³-hybridized carbons (Fsp3) is 0.571. The average Bonchev–Trinajstić information content (AvgIpc) is 2.46. The van der Waals surface area contributed by atoms with Gasteiger partial charge in [-0.05, 0) is 43.7 Å². The SMILES string of the molecule is CN(C)S(=O)(=O)c1ccc(OCC2CCCNC2)cc1.Cl. The number of nitrogens with zero attached hydrogens (tertiary/aromatic N) is 1. The molecular formula is C14H23ClN2O3S. The van der Waals surface area contributed by atoms with Crippen molar-refractivity contribution in [2.75, 3.05) is 33.8 Å². The first kappa shape index (κ1) is 18.2. The Morgan fingerprint density at radius 1 is 1.29 bits per heavy atom. The Kier molecular flexibility index (Phi) is 6.93. The fourth-order valence-electron chi connectivity index (χ4n) is 2.20. The average molecular weight is 335 g/mol. The highest BCUT2D eigenvalue weighted by molar-refractivity contribution is 7.89. The molecule has 1 aliphatic rings. The summed E-state index contributed by atoms with van der Waals surface area (Å²) < 4.78 is 30.8. The first-order valence-electron chi connectivity index (χ1n) is 6.86. The molecule has 0 saturated carbocycles. The number of halogens is 1. The molecule has 1 aliphatic heterocycles. The molecule has 21 heavy (non-hydrogen) atoms. The molecule has 1 fully saturated rings. The van der Waals surface area contributed by atoms with E-state index in [1.807, 2.05) is 0 Å². The maximum Gasteiger partial charge on any atom is 0.242 e. The van der Waals surface area contributed by atoms with E-state index in [9.17, 15) is 8.42 Å². The van der Waals surface area contributed by atoms with Gasteiger partial charge in [-0.25, -0.2) is 12.7 Å². The van der Waals surface area contributed by atoms with Crippen molar-refractivity contribution in [2.24, 2.45) is 5.92 Å². The smallest absolute Gasteiger partial charge is 0.242 e. The molecule has 1 heterocycles. The van der Waals surface area contributed by atoms with Crippen LogP contribution in [-0.4, -0.2) is 46.5 Å². The highest BCUT2D eigenvalue weighted by atomic mass is 35.5. The summed E-state index contributed by atoms with van der Waals surface area (Å²) in [5.41, 5.74) is 0. The van der Waals surface area contributed by atoms with Crippen LogP contribution in [-0.2, 0) is 10.0 Å². The number of piperidine rings is 1. The van der Waals surface area contributed by atoms with E-state index in [0.717, 1.165) is 13.1 Å². The fourth-order valence-corrected chi connectivity index (χ4v) is 3.10. The number of nitrogens with one attached hydrogen (secondary N) is 1. The highest BCUT2D eigenvalue weighted by Crippen LogP contribution is 2.19. The van der Waals surface area contributed by atoms with Gasteiger partial charge in [0.25, 0.3) is 0 Å². The summed E-state index contributed by atoms with van der Waals surface area (Å²) in [7, 11) is -0.314. The number of hydrogen-bond acceptors (Lipinski definition) is 4. The van der Waals surface area contributed by atoms with E-state index in [-0.39, 0.29) is 17.3 Å². The van der Waals surface area contributed by atoms with E-state index in [1.165, 1.54) is 31.2 Å². The number of rotatable bonds is 5. The molecule has 1 N–H and O–H groups in total. The zero-order valence-corrected chi connectivity index (χ0v) is 14.0. The molecule has 0 aromatic heterocycles. The predicted molar refractivity (Wildman–Crippen MR) is 85.7 cm³/mol. The van der Waals surface area contributed by atoms with Gasteiger partial charge < -0.3 is 10.1 Å². The Bertz CT molecular complexity index is 526. The molecule has 0 bridgehead atoms. The second-order valence-corrected chi connectivity index (χ2v) is 7.43. The summed E-state index contributed by atoms with van der Waals surface area (Å²) in [6, 6.07) is 6.60. The van der Waals surface area contributed by atoms with Crippen molar-refractivity contribution in [2.45, 2.75) is 17.7 Å². The normalized spacial score (nSPS) is 19.1. The van der Waals surface area contributed by atoms with Crippen molar-refractivity contribution in [3.63, 3.8) is 0 Å². The Hall–Kier alpha value is -0.820. The van der Waals surface area contributed by atoms with Crippen molar-refractivity contribution in [1.29, 1.82) is 0 Å². The lowest BCUT2D eigenvalue weighted by atomic mass is 10.0. The Labute approximate surface area is 133 Å². The maximum atomic E-state index is 11.9. The summed E-state index contributed by atoms with van der Waals surface area (Å²) in [4.78, 5) is 0.286. The van der Waals surface area contributed by atoms with Gasteiger partial charge in [0, 0.05) is 26.6 Å². The van der Waals surface area contributed by atoms with Gasteiger partial charge >= 0.3 is 0 Å². The lowest BCUT2D eigenvalue weighted by molar-refractivity contribution is 0.218. The van der Waals surface area contributed by atoms with Crippen molar-refractivity contribution in [3.8, 4) is 5.75 Å². The third kappa shape index (κ3) is 4.85. The first-order chi connectivity index (χ1) is 9.50. The third-order valence-corrected chi connectivity index (χ3v) is 5.32. The third-order valence-electron chi connectivity index (χ3n) is 3.49. The van der Waals surface area contributed by atoms with Crippen LogP contribution >= 0.6 is 12.4 Å². The van der Waals surface area contributed by atoms with Crippen LogP contribution in [0.1, 0.15) is 12.8 Å². The molecule has 120 valence electrons. The van der Waals surface area contributed by atoms with Crippen molar-refractivity contribution < 1.29 is 13.2 Å². The van der Waals surface area contributed by atoms with Gasteiger partial charge in [0.15, 0.2) is 0 Å². The summed E-state index contributed by atoms with van der Waals surface area (Å²) in [6.07, 6.45) is 2.37. The van der Waals surface area contributed by atoms with E-state index in [1.54, 1.807) is 24.3 Å². The number of benzene rings is 1. The molecule has 1 unspecified atom stereocenters. The van der Waals surface area contributed by atoms with Crippen LogP contribution < -0.4 is 10.1 Å². The summed E-state index contributed by atoms with van der Waals surface area (Å²) in [5, 5.41) is 3.35. The molecule has 1 atom stereocenters. The second-order valence-electron chi connectivity index (χ2n) is 5.28. The van der Waals surface area contributed by atoms with Crippen molar-refractivity contribution >= 4 is 22.4 Å². The first-order valence-corrected chi connectivity index (χ1v) is 8.30. The lowest BCUT2D eigenvalue weighted by Gasteiger charge is -2.22. The molecule has 0 spiro atoms. The van der Waals surface area contributed by atoms with Crippen molar-refractivity contribution in [3.05, 3.63) is 24.3 Å². The molecule has 2 rings (SSSR count). The van der Waals surface area contributed by atoms with E-state index in [4.69, 9.17) is 4.74 Å². The van der Waals surface area contributed by atoms with Gasteiger partial charge in [0.2, 0.25) is 10.0 Å². The highest BCUT2D eigenvalue weighted by Gasteiger charge is 2.17. The number of hydrogen-bond donors (Lipinski definition) is 1. The van der Waals surface area contributed by atoms with E-state index < -0.39 is 10.0 Å². The predicted octanol–water partition coefficient (Wildman–Crippen LogP) is 1.74. The van der Waals surface area contributed by atoms with Gasteiger partial charge in [0.05, 0.1) is 11.5 Å². The Balaban J connectivity index is 0.00000220. The van der Waals surface area contributed by atoms with Crippen LogP contribution in [0.15, 0.2) is 29.2 Å². The molecule has 1 aromatic carbocycles. The Morgan fingerprint density at radius 3 is 2.48 bits per heavy atom. The molecular weight excluding hydrogens is 312 g/mol. The largest absolute Gasteiger partial charge is 0.493 e. The van der Waals surface area contributed by atoms with Crippen LogP contribution in [0.4, 0.5) is 0 Å². The van der Waals surface area contributed by atoms with Crippen LogP contribution in [0.25, 0.3) is 0 Å². The molecule has 7 heteroatoms. The zero-order valence-electron chi connectivity index (χ0n) is 12.4. The molecule has 0 aliphatic carbocycles. The summed E-state index contributed by atoms with van der Waals surface area (Å²) in [5.74, 6) is 1.25. The molecule has 1 saturated heterocycles. The van der Waals surface area contributed by atoms with Crippen molar-refractivity contribution in [1.82, 2.24) is 9.62 Å². The molecule has 1 aromatic rings. The zero-order chi connectivity index (χ0) is 14.6. The van der Waals surface area contributed by atoms with Gasteiger partial charge in [-0.15, -0.1) is 12.4 Å². The van der Waals surface area contributed by atoms with Crippen LogP contribution in [0.5, 0.6) is 5.75 Å². The van der Waals surface area contributed by atoms with Gasteiger partial charge in [-0.2, -0.15) is 0 Å². The summed E-state index contributed by atoms with van der Waals surface area (Å²) >= 11 is 0. The van der Waals surface area contributed by atoms with Gasteiger partial charge in [-0.3, -0.25) is 0 Å². The number of ether oxygens (including phenoxy) is 1. The van der Waals surface area contributed by atoms with E-state index >= 15 is 0 Å². The standard InChI is InChI=1S/C14H22N2O3S.ClH/c1-16(2)20(17,18)14-7-5-13(6-8-14)19-11-12-4-3-9-15-10-12;/h5-8,12,15H,3-4,9-11H2,1-2H3;1H. The quantitative estimate of drug-likeness (QED) is 0.891. The lowest BCUT2D eigenvalue weighted by Crippen LogP contribution is -2.33. The van der Waals surface area contributed by atoms with Crippen LogP contribution in [0.3, 0.4) is 0 Å². The van der Waals surface area contributed by atoms with E-state index in [2.05, 4.69) is 5.32 Å². The molecule has 0 radical (unpaired) electrons. The van der Waals surface area contributed by atoms with Gasteiger partial charge in [-0.1, -0.05) is 0 Å². The van der Waals surface area contributed by atoms with Gasteiger partial charge in [0.1, 0.15) is 5.75 Å². The van der Waals surface area contributed by atoms with Crippen LogP contribution in [0.2, 0.25) is 0 Å². The minimum Gasteiger partial charge on any atom is -0.493 e. The summed E-state index contributed by atoms with van der Waals surface area (Å²) in [6.45, 7) is 2.76. The minimum absolute atomic E-state index is 0. The molecule has 0 amide bonds. The maximum absolute atomic E-state index is 11.9. The topological polar surface area (TPSA) is 58.6 Å². The molecule has 5 nitrogen and oxygen atoms in total. The minimum atomic E-state index is -3.36. The van der Waals surface area contributed by atoms with E-state index in [0.29, 0.717) is 18.3 Å². The van der Waals surface area contributed by atoms with Crippen LogP contribution in [0, 0.1) is 5.92 Å². The monoisotopic (exact) mass is 334 g/mol.